The van der Waals surface area contributed by atoms with Gasteiger partial charge >= 0.3 is 6.18 Å². The lowest BCUT2D eigenvalue weighted by Gasteiger charge is -2.21. The molecule has 0 saturated heterocycles. The Hall–Kier alpha value is -7.87. The highest BCUT2D eigenvalue weighted by molar-refractivity contribution is 6.13. The molecule has 0 amide bonds. The maximum Gasteiger partial charge on any atom is 0.417 e. The van der Waals surface area contributed by atoms with E-state index in [4.69, 9.17) is 6.57 Å². The van der Waals surface area contributed by atoms with Crippen LogP contribution in [-0.2, 0) is 6.18 Å². The van der Waals surface area contributed by atoms with Gasteiger partial charge in [0, 0.05) is 21.5 Å². The molecule has 298 valence electrons. The summed E-state index contributed by atoms with van der Waals surface area (Å²) in [6.45, 7) is 16.9. The van der Waals surface area contributed by atoms with E-state index in [9.17, 15) is 5.26 Å². The van der Waals surface area contributed by atoms with Crippen LogP contribution in [0.1, 0.15) is 33.4 Å². The van der Waals surface area contributed by atoms with E-state index in [1.165, 1.54) is 17.7 Å². The summed E-state index contributed by atoms with van der Waals surface area (Å²) in [5.41, 5.74) is 12.4. The molecule has 62 heavy (non-hydrogen) atoms. The number of hydrogen-bond acceptors (Lipinski definition) is 1. The van der Waals surface area contributed by atoms with Crippen LogP contribution in [0.3, 0.4) is 0 Å². The van der Waals surface area contributed by atoms with Crippen molar-refractivity contribution in [3.05, 3.63) is 196 Å². The number of para-hydroxylation sites is 2. The number of halogens is 3. The average Bonchev–Trinajstić information content (AvgIpc) is 3.77. The largest absolute Gasteiger partial charge is 0.417 e. The molecule has 10 aromatic rings. The fourth-order valence-electron chi connectivity index (χ4n) is 9.39. The van der Waals surface area contributed by atoms with Crippen molar-refractivity contribution in [1.82, 2.24) is 9.13 Å². The molecular formula is C55H37F3N4. The van der Waals surface area contributed by atoms with Crippen LogP contribution in [0.5, 0.6) is 0 Å². The summed E-state index contributed by atoms with van der Waals surface area (Å²) in [4.78, 5) is 3.94. The first-order valence-electron chi connectivity index (χ1n) is 20.3. The van der Waals surface area contributed by atoms with Crippen molar-refractivity contribution < 1.29 is 13.2 Å². The Labute approximate surface area is 356 Å². The highest BCUT2D eigenvalue weighted by Gasteiger charge is 2.35. The van der Waals surface area contributed by atoms with E-state index in [-0.39, 0.29) is 22.4 Å². The van der Waals surface area contributed by atoms with Gasteiger partial charge in [-0.05, 0) is 121 Å². The smallest absolute Gasteiger partial charge is 0.308 e. The van der Waals surface area contributed by atoms with Gasteiger partial charge in [-0.15, -0.1) is 0 Å². The second-order valence-electron chi connectivity index (χ2n) is 16.1. The van der Waals surface area contributed by atoms with Crippen molar-refractivity contribution in [3.63, 3.8) is 0 Å². The monoisotopic (exact) mass is 810 g/mol. The molecule has 0 N–H and O–H groups in total. The van der Waals surface area contributed by atoms with Gasteiger partial charge in [-0.3, -0.25) is 0 Å². The van der Waals surface area contributed by atoms with Gasteiger partial charge in [0.2, 0.25) is 0 Å². The summed E-state index contributed by atoms with van der Waals surface area (Å²) in [5.74, 6) is 0. The normalized spacial score (nSPS) is 11.8. The van der Waals surface area contributed by atoms with Crippen LogP contribution in [0.15, 0.2) is 152 Å². The van der Waals surface area contributed by atoms with Gasteiger partial charge in [0.05, 0.1) is 57.2 Å². The fraction of sp³-hybridized carbons (Fsp3) is 0.0909. The molecule has 4 nitrogen and oxygen atoms in total. The first-order chi connectivity index (χ1) is 29.9. The van der Waals surface area contributed by atoms with Gasteiger partial charge in [-0.25, -0.2) is 4.85 Å². The van der Waals surface area contributed by atoms with Crippen molar-refractivity contribution in [2.45, 2.75) is 33.9 Å². The van der Waals surface area contributed by atoms with Crippen LogP contribution in [0.4, 0.5) is 18.9 Å². The summed E-state index contributed by atoms with van der Waals surface area (Å²) < 4.78 is 49.4. The molecule has 0 radical (unpaired) electrons. The average molecular weight is 811 g/mol. The summed E-state index contributed by atoms with van der Waals surface area (Å²) in [5, 5.41) is 13.6. The molecule has 0 saturated carbocycles. The summed E-state index contributed by atoms with van der Waals surface area (Å²) in [6, 6.07) is 50.7. The highest BCUT2D eigenvalue weighted by atomic mass is 19.4. The molecule has 2 aromatic heterocycles. The SMILES string of the molecule is [C-]#[N+]c1cc(-n2c3ccccc3c3ccc(-c4ccc(C)cc4C)cc32)c(-n2c3ccccc3c3ccc(-c4ccc(C)cc4C)cc32)cc1-c1ccc(C#N)cc1C(F)(F)F. The number of hydrogen-bond donors (Lipinski definition) is 0. The zero-order valence-electron chi connectivity index (χ0n) is 34.4. The van der Waals surface area contributed by atoms with Crippen molar-refractivity contribution in [2.24, 2.45) is 0 Å². The summed E-state index contributed by atoms with van der Waals surface area (Å²) in [7, 11) is 0. The van der Waals surface area contributed by atoms with E-state index in [0.29, 0.717) is 11.4 Å². The van der Waals surface area contributed by atoms with Crippen LogP contribution >= 0.6 is 0 Å². The fourth-order valence-corrected chi connectivity index (χ4v) is 9.39. The summed E-state index contributed by atoms with van der Waals surface area (Å²) in [6.07, 6.45) is -4.80. The van der Waals surface area contributed by atoms with Gasteiger partial charge in [0.15, 0.2) is 5.69 Å². The second-order valence-corrected chi connectivity index (χ2v) is 16.1. The van der Waals surface area contributed by atoms with E-state index in [0.717, 1.165) is 88.6 Å². The van der Waals surface area contributed by atoms with E-state index in [1.54, 1.807) is 12.1 Å². The lowest BCUT2D eigenvalue weighted by atomic mass is 9.94. The van der Waals surface area contributed by atoms with Gasteiger partial charge in [0.25, 0.3) is 0 Å². The Morgan fingerprint density at radius 3 is 1.47 bits per heavy atom. The lowest BCUT2D eigenvalue weighted by molar-refractivity contribution is -0.137. The van der Waals surface area contributed by atoms with Crippen LogP contribution in [-0.4, -0.2) is 9.13 Å². The number of fused-ring (bicyclic) bond motifs is 6. The quantitative estimate of drug-likeness (QED) is 0.160. The standard InChI is InChI=1S/C55H37F3N4/c1-32-14-19-39(34(3)24-32)37-17-22-44-42-10-6-8-12-49(42)61(51(44)27-37)53-29-46(41-21-16-36(31-59)26-47(41)55(56,57)58)48(60-5)30-54(53)62-50-13-9-7-11-43(50)45-23-18-38(28-52(45)62)40-20-15-33(2)25-35(40)4/h6-30H,1-4H3. The van der Waals surface area contributed by atoms with Crippen LogP contribution in [0, 0.1) is 45.6 Å². The minimum absolute atomic E-state index is 0.0483. The predicted octanol–water partition coefficient (Wildman–Crippen LogP) is 15.6. The highest BCUT2D eigenvalue weighted by Crippen LogP contribution is 2.47. The maximum absolute atomic E-state index is 15.0. The molecular weight excluding hydrogens is 774 g/mol. The van der Waals surface area contributed by atoms with Gasteiger partial charge in [-0.2, -0.15) is 18.4 Å². The molecule has 0 fully saturated rings. The van der Waals surface area contributed by atoms with Gasteiger partial charge in [0.1, 0.15) is 0 Å². The zero-order chi connectivity index (χ0) is 43.0. The number of rotatable bonds is 5. The van der Waals surface area contributed by atoms with Crippen molar-refractivity contribution >= 4 is 49.3 Å². The number of nitrogens with zero attached hydrogens (tertiary/aromatic N) is 4. The molecule has 2 heterocycles. The van der Waals surface area contributed by atoms with Crippen molar-refractivity contribution in [2.75, 3.05) is 0 Å². The number of aryl methyl sites for hydroxylation is 4. The first-order valence-corrected chi connectivity index (χ1v) is 20.3. The maximum atomic E-state index is 15.0. The van der Waals surface area contributed by atoms with Crippen molar-refractivity contribution in [1.29, 1.82) is 5.26 Å². The first kappa shape index (κ1) is 38.3. The molecule has 7 heteroatoms. The lowest BCUT2D eigenvalue weighted by Crippen LogP contribution is -2.09. The minimum Gasteiger partial charge on any atom is -0.308 e. The van der Waals surface area contributed by atoms with E-state index >= 15 is 13.2 Å². The minimum atomic E-state index is -4.80. The Morgan fingerprint density at radius 2 is 0.984 bits per heavy atom. The van der Waals surface area contributed by atoms with Crippen LogP contribution < -0.4 is 0 Å². The molecule has 0 bridgehead atoms. The van der Waals surface area contributed by atoms with Gasteiger partial charge < -0.3 is 9.13 Å². The Bertz CT molecular complexity index is 3590. The van der Waals surface area contributed by atoms with E-state index in [1.807, 2.05) is 42.5 Å². The molecule has 0 spiro atoms. The molecule has 0 aliphatic heterocycles. The topological polar surface area (TPSA) is 38.0 Å². The molecule has 0 atom stereocenters. The molecule has 0 aliphatic rings. The summed E-state index contributed by atoms with van der Waals surface area (Å²) >= 11 is 0. The van der Waals surface area contributed by atoms with Gasteiger partial charge in [-0.1, -0.05) is 114 Å². The van der Waals surface area contributed by atoms with E-state index in [2.05, 4.69) is 127 Å². The van der Waals surface area contributed by atoms with Crippen LogP contribution in [0.2, 0.25) is 0 Å². The number of alkyl halides is 3. The second kappa shape index (κ2) is 14.4. The molecule has 8 aromatic carbocycles. The number of nitriles is 1. The predicted molar refractivity (Wildman–Crippen MR) is 246 cm³/mol. The Kier molecular flexibility index (Phi) is 8.91. The zero-order valence-corrected chi connectivity index (χ0v) is 34.4. The number of aromatic nitrogens is 2. The van der Waals surface area contributed by atoms with E-state index < -0.39 is 11.7 Å². The number of benzene rings is 8. The third kappa shape index (κ3) is 6.13. The third-order valence-corrected chi connectivity index (χ3v) is 12.2. The third-order valence-electron chi connectivity index (χ3n) is 12.2. The van der Waals surface area contributed by atoms with Crippen molar-refractivity contribution in [3.8, 4) is 50.8 Å². The Balaban J connectivity index is 1.38. The van der Waals surface area contributed by atoms with Crippen LogP contribution in [0.25, 0.3) is 93.2 Å². The molecule has 10 rings (SSSR count). The molecule has 0 aliphatic carbocycles. The Morgan fingerprint density at radius 1 is 0.500 bits per heavy atom. The molecule has 0 unspecified atom stereocenters.